The number of aromatic nitrogens is 1. The van der Waals surface area contributed by atoms with E-state index in [-0.39, 0.29) is 17.4 Å². The number of methoxy groups -OCH3 is 1. The molecule has 0 bridgehead atoms. The number of carbonyl (C=O) groups excluding carboxylic acids is 2. The fourth-order valence-corrected chi connectivity index (χ4v) is 6.62. The van der Waals surface area contributed by atoms with Crippen molar-refractivity contribution >= 4 is 44.1 Å². The van der Waals surface area contributed by atoms with Crippen LogP contribution >= 0.6 is 11.3 Å². The lowest BCUT2D eigenvalue weighted by Gasteiger charge is -2.24. The van der Waals surface area contributed by atoms with Crippen molar-refractivity contribution in [3.63, 3.8) is 0 Å². The zero-order valence-electron chi connectivity index (χ0n) is 25.1. The molecule has 2 aliphatic rings. The lowest BCUT2D eigenvalue weighted by Crippen LogP contribution is -2.29. The Bertz CT molecular complexity index is 1780. The molecule has 0 aliphatic carbocycles. The van der Waals surface area contributed by atoms with Crippen LogP contribution in [0, 0.1) is 0 Å². The van der Waals surface area contributed by atoms with Crippen LogP contribution in [0.4, 0.5) is 5.13 Å². The first-order valence-electron chi connectivity index (χ1n) is 14.8. The van der Waals surface area contributed by atoms with E-state index in [1.807, 2.05) is 32.0 Å². The Balaban J connectivity index is 1.51. The van der Waals surface area contributed by atoms with Crippen molar-refractivity contribution in [1.82, 2.24) is 4.98 Å². The number of benzene rings is 3. The molecule has 1 amide bonds. The van der Waals surface area contributed by atoms with Gasteiger partial charge in [0.15, 0.2) is 16.6 Å². The van der Waals surface area contributed by atoms with E-state index < -0.39 is 17.7 Å². The number of nitrogens with zero attached hydrogens (tertiary/aromatic N) is 2. The van der Waals surface area contributed by atoms with Crippen LogP contribution in [0.2, 0.25) is 0 Å². The SMILES string of the molecule is CCCCOc1ccc([C@@H]2/C(=C(\O)c3ccc4c(c3)C[C@H](C)O4)C(=O)C(=O)N2c2nc3ccc(OC)cc3s2)cc1OCC. The quantitative estimate of drug-likeness (QED) is 0.0896. The molecule has 2 atom stereocenters. The monoisotopic (exact) mass is 614 g/mol. The number of rotatable bonds is 10. The number of thiazole rings is 1. The normalized spacial score (nSPS) is 18.9. The van der Waals surface area contributed by atoms with Crippen molar-refractivity contribution in [3.8, 4) is 23.0 Å². The molecule has 2 aliphatic heterocycles. The van der Waals surface area contributed by atoms with Crippen LogP contribution < -0.4 is 23.8 Å². The van der Waals surface area contributed by atoms with Gasteiger partial charge in [-0.15, -0.1) is 0 Å². The van der Waals surface area contributed by atoms with E-state index in [1.54, 1.807) is 43.5 Å². The van der Waals surface area contributed by atoms with E-state index >= 15 is 0 Å². The number of Topliss-reactive ketones (excluding diaryl/α,β-unsaturated/α-hetero) is 1. The summed E-state index contributed by atoms with van der Waals surface area (Å²) in [7, 11) is 1.58. The molecule has 0 unspecified atom stereocenters. The van der Waals surface area contributed by atoms with Crippen molar-refractivity contribution in [2.75, 3.05) is 25.2 Å². The van der Waals surface area contributed by atoms with Crippen molar-refractivity contribution < 1.29 is 33.6 Å². The smallest absolute Gasteiger partial charge is 0.301 e. The van der Waals surface area contributed by atoms with E-state index in [1.165, 1.54) is 16.2 Å². The Hall–Kier alpha value is -4.57. The van der Waals surface area contributed by atoms with Crippen molar-refractivity contribution in [2.24, 2.45) is 0 Å². The van der Waals surface area contributed by atoms with Crippen molar-refractivity contribution in [3.05, 3.63) is 76.9 Å². The summed E-state index contributed by atoms with van der Waals surface area (Å²) in [6, 6.07) is 15.1. The Morgan fingerprint density at radius 1 is 1.07 bits per heavy atom. The maximum Gasteiger partial charge on any atom is 0.301 e. The summed E-state index contributed by atoms with van der Waals surface area (Å²) in [5.41, 5.74) is 2.57. The van der Waals surface area contributed by atoms with Crippen LogP contribution in [0.3, 0.4) is 0 Å². The molecule has 3 heterocycles. The van der Waals surface area contributed by atoms with E-state index in [0.717, 1.165) is 28.9 Å². The maximum atomic E-state index is 13.8. The standard InChI is InChI=1S/C34H34N2O7S/c1-5-7-14-42-26-13-8-20(17-27(26)41-6-2)30-29(31(37)21-9-12-25-22(16-21)15-19(3)43-25)32(38)33(39)36(30)34-35-24-11-10-23(40-4)18-28(24)44-34/h8-13,16-19,30,37H,5-7,14-15H2,1-4H3/b31-29+/t19-,30+/m0/s1. The Morgan fingerprint density at radius 3 is 2.68 bits per heavy atom. The first-order valence-corrected chi connectivity index (χ1v) is 15.6. The van der Waals surface area contributed by atoms with Crippen LogP contribution in [0.15, 0.2) is 60.2 Å². The average Bonchev–Trinajstić information content (AvgIpc) is 3.69. The summed E-state index contributed by atoms with van der Waals surface area (Å²) < 4.78 is 23.9. The highest BCUT2D eigenvalue weighted by Crippen LogP contribution is 2.46. The minimum Gasteiger partial charge on any atom is -0.507 e. The molecule has 44 heavy (non-hydrogen) atoms. The first kappa shape index (κ1) is 29.5. The number of anilines is 1. The van der Waals surface area contributed by atoms with Gasteiger partial charge in [-0.05, 0) is 79.9 Å². The summed E-state index contributed by atoms with van der Waals surface area (Å²) in [4.78, 5) is 33.7. The maximum absolute atomic E-state index is 13.8. The van der Waals surface area contributed by atoms with E-state index in [2.05, 4.69) is 6.92 Å². The lowest BCUT2D eigenvalue weighted by molar-refractivity contribution is -0.132. The van der Waals surface area contributed by atoms with Crippen LogP contribution in [-0.2, 0) is 16.0 Å². The molecule has 228 valence electrons. The highest BCUT2D eigenvalue weighted by atomic mass is 32.1. The number of unbranched alkanes of at least 4 members (excludes halogenated alkanes) is 1. The van der Waals surface area contributed by atoms with Gasteiger partial charge in [0.1, 0.15) is 23.4 Å². The number of hydrogen-bond donors (Lipinski definition) is 1. The highest BCUT2D eigenvalue weighted by Gasteiger charge is 2.48. The number of ether oxygens (including phenoxy) is 4. The largest absolute Gasteiger partial charge is 0.507 e. The summed E-state index contributed by atoms with van der Waals surface area (Å²) in [5, 5.41) is 12.1. The van der Waals surface area contributed by atoms with Gasteiger partial charge in [0.05, 0.1) is 42.2 Å². The zero-order chi connectivity index (χ0) is 31.0. The highest BCUT2D eigenvalue weighted by molar-refractivity contribution is 7.22. The summed E-state index contributed by atoms with van der Waals surface area (Å²) in [6.45, 7) is 6.87. The summed E-state index contributed by atoms with van der Waals surface area (Å²) >= 11 is 1.27. The molecule has 1 N–H and O–H groups in total. The minimum atomic E-state index is -0.968. The average molecular weight is 615 g/mol. The molecule has 0 saturated carbocycles. The third kappa shape index (κ3) is 5.34. The fourth-order valence-electron chi connectivity index (χ4n) is 5.60. The van der Waals surface area contributed by atoms with Gasteiger partial charge in [-0.1, -0.05) is 30.7 Å². The molecule has 6 rings (SSSR count). The first-order chi connectivity index (χ1) is 21.3. The molecule has 3 aromatic carbocycles. The number of aliphatic hydroxyl groups excluding tert-OH is 1. The van der Waals surface area contributed by atoms with Gasteiger partial charge in [0, 0.05) is 12.0 Å². The summed E-state index contributed by atoms with van der Waals surface area (Å²) in [5.74, 6) is 0.627. The van der Waals surface area contributed by atoms with Gasteiger partial charge < -0.3 is 24.1 Å². The molecule has 4 aromatic rings. The van der Waals surface area contributed by atoms with Gasteiger partial charge >= 0.3 is 5.91 Å². The second-order valence-corrected chi connectivity index (χ2v) is 11.8. The number of carbonyl (C=O) groups is 2. The van der Waals surface area contributed by atoms with Gasteiger partial charge in [-0.25, -0.2) is 4.98 Å². The molecule has 9 nitrogen and oxygen atoms in total. The number of hydrogen-bond acceptors (Lipinski definition) is 9. The van der Waals surface area contributed by atoms with Crippen LogP contribution in [0.25, 0.3) is 16.0 Å². The van der Waals surface area contributed by atoms with Gasteiger partial charge in [-0.2, -0.15) is 0 Å². The number of aliphatic hydroxyl groups is 1. The second-order valence-electron chi connectivity index (χ2n) is 10.8. The van der Waals surface area contributed by atoms with Crippen molar-refractivity contribution in [1.29, 1.82) is 0 Å². The van der Waals surface area contributed by atoms with E-state index in [0.29, 0.717) is 58.7 Å². The van der Waals surface area contributed by atoms with Gasteiger partial charge in [0.25, 0.3) is 5.78 Å². The molecule has 1 aromatic heterocycles. The third-order valence-electron chi connectivity index (χ3n) is 7.74. The van der Waals surface area contributed by atoms with Gasteiger partial charge in [-0.3, -0.25) is 14.5 Å². The molecule has 0 spiro atoms. The topological polar surface area (TPSA) is 107 Å². The predicted octanol–water partition coefficient (Wildman–Crippen LogP) is 6.83. The molecule has 10 heteroatoms. The third-order valence-corrected chi connectivity index (χ3v) is 8.76. The predicted molar refractivity (Wildman–Crippen MR) is 169 cm³/mol. The molecule has 1 saturated heterocycles. The number of ketones is 1. The Kier molecular flexibility index (Phi) is 8.18. The lowest BCUT2D eigenvalue weighted by atomic mass is 9.94. The Morgan fingerprint density at radius 2 is 1.91 bits per heavy atom. The zero-order valence-corrected chi connectivity index (χ0v) is 25.9. The summed E-state index contributed by atoms with van der Waals surface area (Å²) in [6.07, 6.45) is 2.57. The van der Waals surface area contributed by atoms with Crippen LogP contribution in [-0.4, -0.2) is 48.2 Å². The van der Waals surface area contributed by atoms with Crippen LogP contribution in [0.1, 0.15) is 56.3 Å². The molecule has 0 radical (unpaired) electrons. The second kappa shape index (κ2) is 12.2. The van der Waals surface area contributed by atoms with E-state index in [4.69, 9.17) is 23.9 Å². The van der Waals surface area contributed by atoms with E-state index in [9.17, 15) is 14.7 Å². The minimum absolute atomic E-state index is 0.0145. The molecule has 1 fully saturated rings. The number of fused-ring (bicyclic) bond motifs is 2. The number of amides is 1. The van der Waals surface area contributed by atoms with Gasteiger partial charge in [0.2, 0.25) is 0 Å². The molecular formula is C34H34N2O7S. The van der Waals surface area contributed by atoms with Crippen molar-refractivity contribution in [2.45, 2.75) is 52.2 Å². The van der Waals surface area contributed by atoms with Crippen LogP contribution in [0.5, 0.6) is 23.0 Å². The molecular weight excluding hydrogens is 580 g/mol. The fraction of sp³-hybridized carbons (Fsp3) is 0.324. The Labute approximate surface area is 259 Å².